The zero-order valence-corrected chi connectivity index (χ0v) is 30.8. The van der Waals surface area contributed by atoms with Crippen molar-refractivity contribution in [2.45, 2.75) is 78.4 Å². The SMILES string of the molecule is CCC[C@H](NCc1cc(Cl)c(OCc2cccc(-c3cccc(OCCCN4CC[C@@H](O)C4)c3C)c2C)cc1OCc1cncc(C#N)c1)C(=O)O. The number of nitrogens with one attached hydrogen (secondary N) is 1. The Hall–Kier alpha value is -4.66. The molecule has 1 saturated heterocycles. The molecule has 0 bridgehead atoms. The maximum absolute atomic E-state index is 11.8. The number of ether oxygens (including phenoxy) is 3. The van der Waals surface area contributed by atoms with Crippen molar-refractivity contribution in [3.8, 4) is 34.4 Å². The number of hydrogen-bond donors (Lipinski definition) is 3. The van der Waals surface area contributed by atoms with Crippen LogP contribution in [-0.2, 0) is 24.6 Å². The van der Waals surface area contributed by atoms with Crippen LogP contribution in [0.4, 0.5) is 0 Å². The van der Waals surface area contributed by atoms with Gasteiger partial charge >= 0.3 is 5.97 Å². The number of halogens is 1. The van der Waals surface area contributed by atoms with Gasteiger partial charge in [-0.05, 0) is 79.1 Å². The van der Waals surface area contributed by atoms with E-state index < -0.39 is 12.0 Å². The number of hydrogen-bond acceptors (Lipinski definition) is 9. The minimum absolute atomic E-state index is 0.139. The van der Waals surface area contributed by atoms with Gasteiger partial charge in [0, 0.05) is 55.8 Å². The summed E-state index contributed by atoms with van der Waals surface area (Å²) in [4.78, 5) is 18.2. The van der Waals surface area contributed by atoms with Gasteiger partial charge < -0.3 is 34.6 Å². The topological polar surface area (TPSA) is 137 Å². The molecule has 10 nitrogen and oxygen atoms in total. The lowest BCUT2D eigenvalue weighted by Crippen LogP contribution is -2.36. The average molecular weight is 727 g/mol. The van der Waals surface area contributed by atoms with Crippen molar-refractivity contribution in [2.24, 2.45) is 0 Å². The number of carboxylic acid groups (broad SMARTS) is 1. The zero-order chi connectivity index (χ0) is 37.0. The Bertz CT molecular complexity index is 1880. The third-order valence-corrected chi connectivity index (χ3v) is 9.67. The van der Waals surface area contributed by atoms with Crippen LogP contribution in [-0.4, -0.2) is 64.5 Å². The summed E-state index contributed by atoms with van der Waals surface area (Å²) in [6, 6.07) is 18.8. The summed E-state index contributed by atoms with van der Waals surface area (Å²) in [5.41, 5.74) is 7.11. The lowest BCUT2D eigenvalue weighted by atomic mass is 9.93. The maximum Gasteiger partial charge on any atom is 0.320 e. The first-order valence-electron chi connectivity index (χ1n) is 17.8. The Morgan fingerprint density at radius 3 is 2.52 bits per heavy atom. The molecule has 0 saturated carbocycles. The van der Waals surface area contributed by atoms with E-state index in [1.165, 1.54) is 6.20 Å². The molecule has 1 aromatic heterocycles. The van der Waals surface area contributed by atoms with Crippen molar-refractivity contribution in [1.82, 2.24) is 15.2 Å². The van der Waals surface area contributed by atoms with Gasteiger partial charge in [0.15, 0.2) is 0 Å². The van der Waals surface area contributed by atoms with E-state index in [9.17, 15) is 20.3 Å². The number of benzene rings is 3. The molecule has 1 aliphatic heterocycles. The first kappa shape index (κ1) is 38.6. The van der Waals surface area contributed by atoms with Gasteiger partial charge in [0.2, 0.25) is 0 Å². The molecule has 3 N–H and O–H groups in total. The van der Waals surface area contributed by atoms with E-state index in [0.29, 0.717) is 52.7 Å². The molecule has 3 aromatic carbocycles. The summed E-state index contributed by atoms with van der Waals surface area (Å²) in [6.45, 7) is 9.89. The molecule has 52 heavy (non-hydrogen) atoms. The molecule has 0 aliphatic carbocycles. The molecule has 5 rings (SSSR count). The first-order chi connectivity index (χ1) is 25.2. The number of carbonyl (C=O) groups is 1. The molecule has 4 aromatic rings. The van der Waals surface area contributed by atoms with Crippen LogP contribution in [0.3, 0.4) is 0 Å². The molecule has 1 fully saturated rings. The fourth-order valence-corrected chi connectivity index (χ4v) is 6.66. The van der Waals surface area contributed by atoms with Gasteiger partial charge in [0.05, 0.1) is 23.3 Å². The Balaban J connectivity index is 1.31. The van der Waals surface area contributed by atoms with E-state index in [1.807, 2.05) is 31.2 Å². The number of pyridine rings is 1. The number of nitrogens with zero attached hydrogens (tertiary/aromatic N) is 3. The molecule has 0 amide bonds. The number of likely N-dealkylation sites (tertiary alicyclic amines) is 1. The molecule has 0 spiro atoms. The van der Waals surface area contributed by atoms with Gasteiger partial charge in [-0.15, -0.1) is 0 Å². The fraction of sp³-hybridized carbons (Fsp3) is 0.390. The van der Waals surface area contributed by atoms with Crippen LogP contribution < -0.4 is 19.5 Å². The van der Waals surface area contributed by atoms with Crippen LogP contribution in [0.15, 0.2) is 67.0 Å². The van der Waals surface area contributed by atoms with Crippen molar-refractivity contribution < 1.29 is 29.2 Å². The molecule has 0 radical (unpaired) electrons. The van der Waals surface area contributed by atoms with Gasteiger partial charge in [0.25, 0.3) is 0 Å². The number of aromatic nitrogens is 1. The molecule has 274 valence electrons. The fourth-order valence-electron chi connectivity index (χ4n) is 6.42. The summed E-state index contributed by atoms with van der Waals surface area (Å²) in [5.74, 6) is 0.837. The van der Waals surface area contributed by atoms with Gasteiger partial charge in [-0.25, -0.2) is 0 Å². The van der Waals surface area contributed by atoms with Gasteiger partial charge in [-0.2, -0.15) is 5.26 Å². The standard InChI is InChI=1S/C41H47ClN4O6/c1-4-8-37(41(48)49)45-23-32-18-36(42)40(19-39(32)51-25-30-17-29(20-43)21-44-22-30)52-26-31-9-5-10-34(27(31)2)35-11-6-12-38(28(35)3)50-16-7-14-46-15-13-33(47)24-46/h5-6,9-12,17-19,21-22,33,37,45,47H,4,7-8,13-16,23-26H2,1-3H3,(H,48,49)/t33-,37+/m1/s1. The Labute approximate surface area is 310 Å². The zero-order valence-electron chi connectivity index (χ0n) is 30.0. The van der Waals surface area contributed by atoms with Gasteiger partial charge in [-0.3, -0.25) is 9.78 Å². The summed E-state index contributed by atoms with van der Waals surface area (Å²) >= 11 is 6.77. The third-order valence-electron chi connectivity index (χ3n) is 9.37. The highest BCUT2D eigenvalue weighted by Crippen LogP contribution is 2.36. The molecule has 2 atom stereocenters. The lowest BCUT2D eigenvalue weighted by molar-refractivity contribution is -0.139. The second-order valence-electron chi connectivity index (χ2n) is 13.2. The normalized spacial score (nSPS) is 14.9. The smallest absolute Gasteiger partial charge is 0.320 e. The quantitative estimate of drug-likeness (QED) is 0.0901. The predicted molar refractivity (Wildman–Crippen MR) is 201 cm³/mol. The Kier molecular flexibility index (Phi) is 13.9. The number of β-amino-alcohol motifs (C(OH)–C–C–N with tert-alkyl or cyclic N) is 1. The van der Waals surface area contributed by atoms with E-state index in [-0.39, 0.29) is 25.9 Å². The largest absolute Gasteiger partial charge is 0.493 e. The van der Waals surface area contributed by atoms with Crippen molar-refractivity contribution in [3.05, 3.63) is 105 Å². The van der Waals surface area contributed by atoms with Crippen LogP contribution in [0.2, 0.25) is 5.02 Å². The number of nitriles is 1. The van der Waals surface area contributed by atoms with Crippen molar-refractivity contribution in [2.75, 3.05) is 26.2 Å². The Morgan fingerprint density at radius 1 is 1.02 bits per heavy atom. The van der Waals surface area contributed by atoms with Crippen molar-refractivity contribution in [1.29, 1.82) is 5.26 Å². The van der Waals surface area contributed by atoms with Gasteiger partial charge in [-0.1, -0.05) is 55.3 Å². The molecular weight excluding hydrogens is 680 g/mol. The monoisotopic (exact) mass is 726 g/mol. The summed E-state index contributed by atoms with van der Waals surface area (Å²) in [6.07, 6.45) is 5.83. The molecule has 2 heterocycles. The van der Waals surface area contributed by atoms with E-state index in [0.717, 1.165) is 66.0 Å². The van der Waals surface area contributed by atoms with E-state index in [2.05, 4.69) is 47.3 Å². The highest BCUT2D eigenvalue weighted by Gasteiger charge is 2.21. The third kappa shape index (κ3) is 10.2. The molecular formula is C41H47ClN4O6. The average Bonchev–Trinajstić information content (AvgIpc) is 3.56. The van der Waals surface area contributed by atoms with E-state index >= 15 is 0 Å². The van der Waals surface area contributed by atoms with Crippen LogP contribution in [0, 0.1) is 25.2 Å². The summed E-state index contributed by atoms with van der Waals surface area (Å²) in [5, 5.41) is 32.2. The van der Waals surface area contributed by atoms with Gasteiger partial charge in [0.1, 0.15) is 42.6 Å². The number of carboxylic acids is 1. The van der Waals surface area contributed by atoms with Crippen LogP contribution >= 0.6 is 11.6 Å². The van der Waals surface area contributed by atoms with Crippen LogP contribution in [0.1, 0.15) is 66.0 Å². The highest BCUT2D eigenvalue weighted by atomic mass is 35.5. The predicted octanol–water partition coefficient (Wildman–Crippen LogP) is 7.23. The second-order valence-corrected chi connectivity index (χ2v) is 13.6. The summed E-state index contributed by atoms with van der Waals surface area (Å²) in [7, 11) is 0. The highest BCUT2D eigenvalue weighted by molar-refractivity contribution is 6.32. The molecule has 1 aliphatic rings. The molecule has 11 heteroatoms. The number of aliphatic hydroxyl groups excluding tert-OH is 1. The number of aliphatic hydroxyl groups is 1. The van der Waals surface area contributed by atoms with Crippen molar-refractivity contribution >= 4 is 17.6 Å². The number of rotatable bonds is 18. The lowest BCUT2D eigenvalue weighted by Gasteiger charge is -2.19. The summed E-state index contributed by atoms with van der Waals surface area (Å²) < 4.78 is 18.8. The maximum atomic E-state index is 11.8. The van der Waals surface area contributed by atoms with Crippen LogP contribution in [0.25, 0.3) is 11.1 Å². The minimum atomic E-state index is -0.919. The molecule has 0 unspecified atom stereocenters. The van der Waals surface area contributed by atoms with E-state index in [1.54, 1.807) is 24.4 Å². The van der Waals surface area contributed by atoms with E-state index in [4.69, 9.17) is 25.8 Å². The Morgan fingerprint density at radius 2 is 1.79 bits per heavy atom. The minimum Gasteiger partial charge on any atom is -0.493 e. The van der Waals surface area contributed by atoms with Crippen molar-refractivity contribution in [3.63, 3.8) is 0 Å². The van der Waals surface area contributed by atoms with Crippen LogP contribution in [0.5, 0.6) is 17.2 Å². The number of aliphatic carboxylic acids is 1. The second kappa shape index (κ2) is 18.7. The first-order valence-corrected chi connectivity index (χ1v) is 18.1.